The van der Waals surface area contributed by atoms with Gasteiger partial charge in [-0.2, -0.15) is 5.10 Å². The van der Waals surface area contributed by atoms with E-state index in [1.54, 1.807) is 0 Å². The topological polar surface area (TPSA) is 40.7 Å². The molecule has 2 heterocycles. The molecule has 1 atom stereocenters. The van der Waals surface area contributed by atoms with Crippen molar-refractivity contribution in [3.8, 4) is 11.1 Å². The van der Waals surface area contributed by atoms with Crippen LogP contribution in [-0.2, 0) is 0 Å². The van der Waals surface area contributed by atoms with E-state index in [1.165, 1.54) is 46.4 Å². The molecule has 1 aliphatic rings. The van der Waals surface area contributed by atoms with Crippen molar-refractivity contribution in [1.29, 1.82) is 0 Å². The molecule has 3 rings (SSSR count). The van der Waals surface area contributed by atoms with Crippen LogP contribution in [0.2, 0.25) is 0 Å². The number of benzene rings is 1. The summed E-state index contributed by atoms with van der Waals surface area (Å²) in [7, 11) is 0. The molecule has 1 unspecified atom stereocenters. The first-order valence-corrected chi connectivity index (χ1v) is 7.01. The first kappa shape index (κ1) is 12.4. The normalized spacial score (nSPS) is 19.0. The predicted molar refractivity (Wildman–Crippen MR) is 78.2 cm³/mol. The van der Waals surface area contributed by atoms with E-state index in [1.807, 2.05) is 6.20 Å². The molecule has 3 nitrogen and oxygen atoms in total. The first-order chi connectivity index (χ1) is 9.16. The van der Waals surface area contributed by atoms with Crippen LogP contribution in [0.5, 0.6) is 0 Å². The van der Waals surface area contributed by atoms with E-state index in [9.17, 15) is 0 Å². The SMILES string of the molecule is Cc1cc(C)c(-c2cn[nH]c2C2CCCN2)c(C)c1. The fourth-order valence-corrected chi connectivity index (χ4v) is 3.30. The number of nitrogens with zero attached hydrogens (tertiary/aromatic N) is 1. The van der Waals surface area contributed by atoms with Crippen molar-refractivity contribution in [2.75, 3.05) is 6.54 Å². The molecule has 0 saturated carbocycles. The maximum atomic E-state index is 4.28. The Hall–Kier alpha value is -1.61. The van der Waals surface area contributed by atoms with Gasteiger partial charge in [-0.15, -0.1) is 0 Å². The number of aromatic nitrogens is 2. The number of nitrogens with one attached hydrogen (secondary N) is 2. The first-order valence-electron chi connectivity index (χ1n) is 7.01. The van der Waals surface area contributed by atoms with Crippen molar-refractivity contribution >= 4 is 0 Å². The predicted octanol–water partition coefficient (Wildman–Crippen LogP) is 3.43. The highest BCUT2D eigenvalue weighted by molar-refractivity contribution is 5.73. The van der Waals surface area contributed by atoms with Crippen LogP contribution in [0, 0.1) is 20.8 Å². The molecule has 1 fully saturated rings. The molecule has 2 aromatic rings. The van der Waals surface area contributed by atoms with Crippen molar-refractivity contribution in [2.24, 2.45) is 0 Å². The van der Waals surface area contributed by atoms with Gasteiger partial charge in [0.2, 0.25) is 0 Å². The van der Waals surface area contributed by atoms with Crippen LogP contribution in [0.4, 0.5) is 0 Å². The highest BCUT2D eigenvalue weighted by Gasteiger charge is 2.22. The van der Waals surface area contributed by atoms with E-state index in [4.69, 9.17) is 0 Å². The summed E-state index contributed by atoms with van der Waals surface area (Å²) in [5.41, 5.74) is 7.82. The number of aromatic amines is 1. The van der Waals surface area contributed by atoms with E-state index < -0.39 is 0 Å². The summed E-state index contributed by atoms with van der Waals surface area (Å²) < 4.78 is 0. The standard InChI is InChI=1S/C16H21N3/c1-10-7-11(2)15(12(3)8-10)13-9-18-19-16(13)14-5-4-6-17-14/h7-9,14,17H,4-6H2,1-3H3,(H,18,19). The Balaban J connectivity index is 2.10. The van der Waals surface area contributed by atoms with Gasteiger partial charge in [-0.05, 0) is 56.8 Å². The smallest absolute Gasteiger partial charge is 0.0600 e. The number of H-pyrrole nitrogens is 1. The molecular formula is C16H21N3. The quantitative estimate of drug-likeness (QED) is 0.863. The molecule has 0 radical (unpaired) electrons. The number of hydrogen-bond acceptors (Lipinski definition) is 2. The Labute approximate surface area is 114 Å². The largest absolute Gasteiger partial charge is 0.309 e. The van der Waals surface area contributed by atoms with Gasteiger partial charge in [-0.3, -0.25) is 5.10 Å². The Morgan fingerprint density at radius 2 is 1.89 bits per heavy atom. The maximum absolute atomic E-state index is 4.28. The Bertz CT molecular complexity index is 569. The van der Waals surface area contributed by atoms with Crippen LogP contribution < -0.4 is 5.32 Å². The van der Waals surface area contributed by atoms with Crippen molar-refractivity contribution in [1.82, 2.24) is 15.5 Å². The number of rotatable bonds is 2. The molecule has 1 saturated heterocycles. The lowest BCUT2D eigenvalue weighted by atomic mass is 9.92. The van der Waals surface area contributed by atoms with E-state index in [0.717, 1.165) is 6.54 Å². The van der Waals surface area contributed by atoms with Gasteiger partial charge in [0.05, 0.1) is 11.9 Å². The summed E-state index contributed by atoms with van der Waals surface area (Å²) in [4.78, 5) is 0. The van der Waals surface area contributed by atoms with Gasteiger partial charge in [-0.25, -0.2) is 0 Å². The van der Waals surface area contributed by atoms with Gasteiger partial charge in [0.15, 0.2) is 0 Å². The minimum absolute atomic E-state index is 0.428. The zero-order valence-corrected chi connectivity index (χ0v) is 11.9. The van der Waals surface area contributed by atoms with Crippen LogP contribution >= 0.6 is 0 Å². The van der Waals surface area contributed by atoms with Crippen molar-refractivity contribution < 1.29 is 0 Å². The van der Waals surface area contributed by atoms with E-state index >= 15 is 0 Å². The zero-order chi connectivity index (χ0) is 13.4. The Morgan fingerprint density at radius 1 is 1.16 bits per heavy atom. The van der Waals surface area contributed by atoms with E-state index in [0.29, 0.717) is 6.04 Å². The molecule has 2 N–H and O–H groups in total. The van der Waals surface area contributed by atoms with Crippen molar-refractivity contribution in [3.63, 3.8) is 0 Å². The molecule has 3 heteroatoms. The highest BCUT2D eigenvalue weighted by atomic mass is 15.1. The molecular weight excluding hydrogens is 234 g/mol. The second kappa shape index (κ2) is 4.82. The molecule has 19 heavy (non-hydrogen) atoms. The van der Waals surface area contributed by atoms with Gasteiger partial charge in [0.1, 0.15) is 0 Å². The molecule has 1 aromatic carbocycles. The lowest BCUT2D eigenvalue weighted by molar-refractivity contribution is 0.626. The van der Waals surface area contributed by atoms with Gasteiger partial charge < -0.3 is 5.32 Å². The summed E-state index contributed by atoms with van der Waals surface area (Å²) in [6.45, 7) is 7.63. The molecule has 100 valence electrons. The minimum Gasteiger partial charge on any atom is -0.309 e. The van der Waals surface area contributed by atoms with Crippen LogP contribution in [0.25, 0.3) is 11.1 Å². The molecule has 0 bridgehead atoms. The van der Waals surface area contributed by atoms with Crippen LogP contribution in [-0.4, -0.2) is 16.7 Å². The third kappa shape index (κ3) is 2.19. The second-order valence-electron chi connectivity index (χ2n) is 5.62. The monoisotopic (exact) mass is 255 g/mol. The highest BCUT2D eigenvalue weighted by Crippen LogP contribution is 2.34. The van der Waals surface area contributed by atoms with Gasteiger partial charge in [0.25, 0.3) is 0 Å². The minimum atomic E-state index is 0.428. The van der Waals surface area contributed by atoms with Crippen molar-refractivity contribution in [2.45, 2.75) is 39.7 Å². The molecule has 1 aromatic heterocycles. The van der Waals surface area contributed by atoms with Crippen LogP contribution in [0.3, 0.4) is 0 Å². The number of hydrogen-bond donors (Lipinski definition) is 2. The molecule has 0 aliphatic carbocycles. The lowest BCUT2D eigenvalue weighted by Gasteiger charge is -2.15. The summed E-state index contributed by atoms with van der Waals surface area (Å²) >= 11 is 0. The van der Waals surface area contributed by atoms with Gasteiger partial charge in [-0.1, -0.05) is 17.7 Å². The summed E-state index contributed by atoms with van der Waals surface area (Å²) in [5, 5.41) is 11.0. The fourth-order valence-electron chi connectivity index (χ4n) is 3.30. The Kier molecular flexibility index (Phi) is 3.15. The molecule has 0 amide bonds. The zero-order valence-electron chi connectivity index (χ0n) is 11.9. The average Bonchev–Trinajstić information content (AvgIpc) is 2.96. The van der Waals surface area contributed by atoms with Crippen molar-refractivity contribution in [3.05, 3.63) is 40.7 Å². The maximum Gasteiger partial charge on any atom is 0.0600 e. The van der Waals surface area contributed by atoms with E-state index in [-0.39, 0.29) is 0 Å². The summed E-state index contributed by atoms with van der Waals surface area (Å²) in [6.07, 6.45) is 4.41. The van der Waals surface area contributed by atoms with Gasteiger partial charge in [0, 0.05) is 11.6 Å². The Morgan fingerprint density at radius 3 is 2.53 bits per heavy atom. The summed E-state index contributed by atoms with van der Waals surface area (Å²) in [5.74, 6) is 0. The third-order valence-electron chi connectivity index (χ3n) is 4.02. The van der Waals surface area contributed by atoms with Crippen LogP contribution in [0.1, 0.15) is 41.3 Å². The third-order valence-corrected chi connectivity index (χ3v) is 4.02. The fraction of sp³-hybridized carbons (Fsp3) is 0.438. The number of aryl methyl sites for hydroxylation is 3. The molecule has 1 aliphatic heterocycles. The van der Waals surface area contributed by atoms with Crippen LogP contribution in [0.15, 0.2) is 18.3 Å². The second-order valence-corrected chi connectivity index (χ2v) is 5.62. The average molecular weight is 255 g/mol. The van der Waals surface area contributed by atoms with Gasteiger partial charge >= 0.3 is 0 Å². The summed E-state index contributed by atoms with van der Waals surface area (Å²) in [6, 6.07) is 4.93. The van der Waals surface area contributed by atoms with E-state index in [2.05, 4.69) is 48.4 Å². The lowest BCUT2D eigenvalue weighted by Crippen LogP contribution is -2.14. The molecule has 0 spiro atoms.